The van der Waals surface area contributed by atoms with Crippen LogP contribution in [0.1, 0.15) is 24.1 Å². The molecule has 2 aliphatic heterocycles. The molecule has 2 aromatic carbocycles. The van der Waals surface area contributed by atoms with Crippen molar-refractivity contribution in [3.05, 3.63) is 52.7 Å². The van der Waals surface area contributed by atoms with Crippen LogP contribution in [0.3, 0.4) is 0 Å². The van der Waals surface area contributed by atoms with E-state index in [0.29, 0.717) is 36.5 Å². The van der Waals surface area contributed by atoms with E-state index >= 15 is 0 Å². The van der Waals surface area contributed by atoms with Crippen LogP contribution in [0.4, 0.5) is 11.5 Å². The summed E-state index contributed by atoms with van der Waals surface area (Å²) < 4.78 is 38.1. The van der Waals surface area contributed by atoms with Crippen molar-refractivity contribution < 1.29 is 17.7 Å². The number of ether oxygens (including phenoxy) is 1. The Morgan fingerprint density at radius 2 is 1.97 bits per heavy atom. The van der Waals surface area contributed by atoms with Crippen molar-refractivity contribution in [1.29, 1.82) is 0 Å². The van der Waals surface area contributed by atoms with Gasteiger partial charge in [0.05, 0.1) is 23.0 Å². The van der Waals surface area contributed by atoms with E-state index in [1.165, 1.54) is 0 Å². The van der Waals surface area contributed by atoms with Gasteiger partial charge in [-0.3, -0.25) is 4.55 Å². The van der Waals surface area contributed by atoms with Crippen molar-refractivity contribution in [3.8, 4) is 6.01 Å². The Morgan fingerprint density at radius 3 is 2.70 bits per heavy atom. The number of likely N-dealkylation sites (tertiary alicyclic amines) is 1. The molecule has 0 radical (unpaired) electrons. The maximum Gasteiger partial charge on any atom is 0.318 e. The van der Waals surface area contributed by atoms with E-state index in [9.17, 15) is 13.0 Å². The molecular formula is C26H32ClN5O4S. The standard InChI is InChI=1S/C26H32ClN5O4S/c1-30-12-5-8-19(30)17-36-26-28-22-16-32(23-10-4-7-18-6-3-9-21(27)24(18)23)13-11-20(22)25(29-26)31(2)14-15-37(33,34)35/h3-4,6-7,9-10,19H,5,8,11-17H2,1-2H3,(H,33,34,35)/t19-/m0/s1. The minimum atomic E-state index is -4.10. The maximum absolute atomic E-state index is 11.4. The molecule has 1 fully saturated rings. The number of hydrogen-bond acceptors (Lipinski definition) is 8. The lowest BCUT2D eigenvalue weighted by molar-refractivity contribution is 0.187. The van der Waals surface area contributed by atoms with Gasteiger partial charge >= 0.3 is 6.01 Å². The summed E-state index contributed by atoms with van der Waals surface area (Å²) in [5.74, 6) is 0.255. The van der Waals surface area contributed by atoms with Crippen LogP contribution in [-0.4, -0.2) is 80.0 Å². The summed E-state index contributed by atoms with van der Waals surface area (Å²) in [4.78, 5) is 15.8. The smallest absolute Gasteiger partial charge is 0.318 e. The van der Waals surface area contributed by atoms with Gasteiger partial charge in [-0.05, 0) is 50.4 Å². The van der Waals surface area contributed by atoms with Gasteiger partial charge in [0.1, 0.15) is 12.4 Å². The molecule has 9 nitrogen and oxygen atoms in total. The van der Waals surface area contributed by atoms with Gasteiger partial charge in [-0.1, -0.05) is 35.9 Å². The summed E-state index contributed by atoms with van der Waals surface area (Å²) in [5, 5.41) is 2.79. The highest BCUT2D eigenvalue weighted by Gasteiger charge is 2.27. The molecule has 0 unspecified atom stereocenters. The first-order chi connectivity index (χ1) is 17.7. The van der Waals surface area contributed by atoms with Crippen LogP contribution in [0.25, 0.3) is 10.8 Å². The molecule has 1 aromatic heterocycles. The number of aromatic nitrogens is 2. The van der Waals surface area contributed by atoms with Crippen LogP contribution in [0.5, 0.6) is 6.01 Å². The van der Waals surface area contributed by atoms with Gasteiger partial charge < -0.3 is 19.4 Å². The number of rotatable bonds is 8. The third-order valence-corrected chi connectivity index (χ3v) is 8.33. The zero-order valence-electron chi connectivity index (χ0n) is 21.1. The normalized spacial score (nSPS) is 18.3. The molecule has 3 aromatic rings. The predicted molar refractivity (Wildman–Crippen MR) is 147 cm³/mol. The Labute approximate surface area is 222 Å². The average molecular weight is 546 g/mol. The Kier molecular flexibility index (Phi) is 7.44. The highest BCUT2D eigenvalue weighted by molar-refractivity contribution is 7.85. The van der Waals surface area contributed by atoms with Crippen molar-refractivity contribution in [2.24, 2.45) is 0 Å². The lowest BCUT2D eigenvalue weighted by Gasteiger charge is -2.33. The number of hydrogen-bond donors (Lipinski definition) is 1. The molecule has 2 aliphatic rings. The third-order valence-electron chi connectivity index (χ3n) is 7.32. The Hall–Kier alpha value is -2.66. The van der Waals surface area contributed by atoms with E-state index < -0.39 is 10.1 Å². The summed E-state index contributed by atoms with van der Waals surface area (Å²) in [7, 11) is -0.228. The molecule has 0 aliphatic carbocycles. The fraction of sp³-hybridized carbons (Fsp3) is 0.462. The van der Waals surface area contributed by atoms with Crippen molar-refractivity contribution in [1.82, 2.24) is 14.9 Å². The molecule has 11 heteroatoms. The predicted octanol–water partition coefficient (Wildman–Crippen LogP) is 3.64. The van der Waals surface area contributed by atoms with E-state index in [0.717, 1.165) is 53.6 Å². The molecular weight excluding hydrogens is 514 g/mol. The molecule has 0 spiro atoms. The minimum Gasteiger partial charge on any atom is -0.462 e. The minimum absolute atomic E-state index is 0.107. The molecule has 198 valence electrons. The topological polar surface area (TPSA) is 99.1 Å². The van der Waals surface area contributed by atoms with E-state index in [1.54, 1.807) is 11.9 Å². The highest BCUT2D eigenvalue weighted by Crippen LogP contribution is 2.36. The second-order valence-electron chi connectivity index (χ2n) is 9.84. The van der Waals surface area contributed by atoms with Crippen LogP contribution in [0, 0.1) is 0 Å². The lowest BCUT2D eigenvalue weighted by Crippen LogP contribution is -2.35. The first kappa shape index (κ1) is 26.0. The number of anilines is 2. The molecule has 3 heterocycles. The van der Waals surface area contributed by atoms with E-state index in [2.05, 4.69) is 35.0 Å². The molecule has 0 amide bonds. The molecule has 1 saturated heterocycles. The summed E-state index contributed by atoms with van der Waals surface area (Å²) in [6.07, 6.45) is 2.88. The molecule has 0 saturated carbocycles. The first-order valence-corrected chi connectivity index (χ1v) is 14.5. The Bertz CT molecular complexity index is 1400. The number of halogens is 1. The Balaban J connectivity index is 1.47. The number of benzene rings is 2. The van der Waals surface area contributed by atoms with Crippen LogP contribution >= 0.6 is 11.6 Å². The van der Waals surface area contributed by atoms with Crippen molar-refractivity contribution in [3.63, 3.8) is 0 Å². The zero-order valence-corrected chi connectivity index (χ0v) is 22.7. The Morgan fingerprint density at radius 1 is 1.19 bits per heavy atom. The van der Waals surface area contributed by atoms with E-state index in [-0.39, 0.29) is 18.3 Å². The quantitative estimate of drug-likeness (QED) is 0.425. The van der Waals surface area contributed by atoms with E-state index in [1.807, 2.05) is 18.2 Å². The summed E-state index contributed by atoms with van der Waals surface area (Å²) >= 11 is 6.61. The monoisotopic (exact) mass is 545 g/mol. The van der Waals surface area contributed by atoms with E-state index in [4.69, 9.17) is 26.3 Å². The molecule has 1 N–H and O–H groups in total. The highest BCUT2D eigenvalue weighted by atomic mass is 35.5. The van der Waals surface area contributed by atoms with Crippen LogP contribution in [0.15, 0.2) is 36.4 Å². The van der Waals surface area contributed by atoms with Gasteiger partial charge in [0, 0.05) is 42.8 Å². The van der Waals surface area contributed by atoms with Crippen molar-refractivity contribution >= 4 is 44.0 Å². The van der Waals surface area contributed by atoms with Crippen molar-refractivity contribution in [2.75, 3.05) is 55.9 Å². The summed E-state index contributed by atoms with van der Waals surface area (Å²) in [6, 6.07) is 12.7. The second-order valence-corrected chi connectivity index (χ2v) is 11.8. The van der Waals surface area contributed by atoms with Gasteiger partial charge in [-0.2, -0.15) is 18.4 Å². The molecule has 5 rings (SSSR count). The third kappa shape index (κ3) is 5.77. The SMILES string of the molecule is CN(CCS(=O)(=O)O)c1nc(OC[C@@H]2CCCN2C)nc2c1CCN(c1cccc3cccc(Cl)c13)C2. The summed E-state index contributed by atoms with van der Waals surface area (Å²) in [6.45, 7) is 2.92. The fourth-order valence-corrected chi connectivity index (χ4v) is 6.02. The van der Waals surface area contributed by atoms with Crippen molar-refractivity contribution in [2.45, 2.75) is 31.8 Å². The van der Waals surface area contributed by atoms with Gasteiger partial charge in [0.2, 0.25) is 0 Å². The van der Waals surface area contributed by atoms with Crippen LogP contribution in [-0.2, 0) is 23.1 Å². The van der Waals surface area contributed by atoms with Crippen LogP contribution < -0.4 is 14.5 Å². The van der Waals surface area contributed by atoms with Gasteiger partial charge in [-0.15, -0.1) is 0 Å². The largest absolute Gasteiger partial charge is 0.462 e. The molecule has 0 bridgehead atoms. The van der Waals surface area contributed by atoms with Gasteiger partial charge in [0.25, 0.3) is 10.1 Å². The fourth-order valence-electron chi connectivity index (χ4n) is 5.23. The number of nitrogens with zero attached hydrogens (tertiary/aromatic N) is 5. The number of likely N-dealkylation sites (N-methyl/N-ethyl adjacent to an activating group) is 1. The van der Waals surface area contributed by atoms with Gasteiger partial charge in [0.15, 0.2) is 0 Å². The number of fused-ring (bicyclic) bond motifs is 2. The van der Waals surface area contributed by atoms with Crippen LogP contribution in [0.2, 0.25) is 5.02 Å². The van der Waals surface area contributed by atoms with Gasteiger partial charge in [-0.25, -0.2) is 0 Å². The second kappa shape index (κ2) is 10.6. The lowest BCUT2D eigenvalue weighted by atomic mass is 10.0. The summed E-state index contributed by atoms with van der Waals surface area (Å²) in [5.41, 5.74) is 2.85. The molecule has 37 heavy (non-hydrogen) atoms. The maximum atomic E-state index is 11.4. The zero-order chi connectivity index (χ0) is 26.2. The average Bonchev–Trinajstić information content (AvgIpc) is 3.29. The first-order valence-electron chi connectivity index (χ1n) is 12.5. The molecule has 1 atom stereocenters.